The van der Waals surface area contributed by atoms with Crippen molar-refractivity contribution >= 4 is 23.2 Å². The molecule has 1 amide bonds. The van der Waals surface area contributed by atoms with Gasteiger partial charge in [-0.25, -0.2) is 4.68 Å². The van der Waals surface area contributed by atoms with E-state index in [0.717, 1.165) is 22.4 Å². The Balaban J connectivity index is 1.62. The van der Waals surface area contributed by atoms with Crippen molar-refractivity contribution in [1.29, 1.82) is 0 Å². The van der Waals surface area contributed by atoms with Crippen molar-refractivity contribution in [2.75, 3.05) is 5.32 Å². The largest absolute Gasteiger partial charge is 0.326 e. The normalized spacial score (nSPS) is 10.7. The zero-order valence-electron chi connectivity index (χ0n) is 15.9. The molecule has 28 heavy (non-hydrogen) atoms. The number of anilines is 1. The Morgan fingerprint density at radius 1 is 1.07 bits per heavy atom. The highest BCUT2D eigenvalue weighted by atomic mass is 35.5. The highest BCUT2D eigenvalue weighted by molar-refractivity contribution is 6.30. The summed E-state index contributed by atoms with van der Waals surface area (Å²) in [6, 6.07) is 16.3. The number of carbonyl (C=O) groups excluding carboxylic acids is 1. The molecule has 5 nitrogen and oxygen atoms in total. The lowest BCUT2D eigenvalue weighted by molar-refractivity contribution is -0.116. The summed E-state index contributed by atoms with van der Waals surface area (Å²) in [6.45, 7) is 4.37. The van der Waals surface area contributed by atoms with E-state index in [1.54, 1.807) is 18.2 Å². The van der Waals surface area contributed by atoms with Gasteiger partial charge >= 0.3 is 0 Å². The number of aromatic nitrogens is 2. The third kappa shape index (κ3) is 4.87. The van der Waals surface area contributed by atoms with Crippen LogP contribution in [0.1, 0.15) is 24.0 Å². The summed E-state index contributed by atoms with van der Waals surface area (Å²) < 4.78 is 1.40. The van der Waals surface area contributed by atoms with Gasteiger partial charge in [-0.15, -0.1) is 0 Å². The fraction of sp³-hybridized carbons (Fsp3) is 0.227. The van der Waals surface area contributed by atoms with Gasteiger partial charge in [0.1, 0.15) is 0 Å². The Kier molecular flexibility index (Phi) is 6.26. The van der Waals surface area contributed by atoms with Crippen LogP contribution < -0.4 is 10.9 Å². The Bertz CT molecular complexity index is 1040. The topological polar surface area (TPSA) is 64.0 Å². The molecule has 0 atom stereocenters. The summed E-state index contributed by atoms with van der Waals surface area (Å²) in [5, 5.41) is 7.99. The number of benzene rings is 2. The molecule has 0 aliphatic heterocycles. The SMILES string of the molecule is Cc1cccc(NC(=O)CCCn2nc(-c3ccc(Cl)cc3)ccc2=O)c1C. The van der Waals surface area contributed by atoms with Crippen LogP contribution in [0, 0.1) is 13.8 Å². The predicted octanol–water partition coefficient (Wildman–Crippen LogP) is 4.60. The van der Waals surface area contributed by atoms with Crippen LogP contribution in [-0.4, -0.2) is 15.7 Å². The van der Waals surface area contributed by atoms with Gasteiger partial charge in [0.05, 0.1) is 5.69 Å². The minimum absolute atomic E-state index is 0.0735. The van der Waals surface area contributed by atoms with E-state index in [9.17, 15) is 9.59 Å². The lowest BCUT2D eigenvalue weighted by Gasteiger charge is -2.11. The minimum Gasteiger partial charge on any atom is -0.326 e. The van der Waals surface area contributed by atoms with E-state index < -0.39 is 0 Å². The number of nitrogens with zero attached hydrogens (tertiary/aromatic N) is 2. The molecule has 0 unspecified atom stereocenters. The molecule has 3 aromatic rings. The molecule has 2 aromatic carbocycles. The highest BCUT2D eigenvalue weighted by Crippen LogP contribution is 2.19. The van der Waals surface area contributed by atoms with Crippen LogP contribution in [0.25, 0.3) is 11.3 Å². The first-order chi connectivity index (χ1) is 13.4. The molecular weight excluding hydrogens is 374 g/mol. The highest BCUT2D eigenvalue weighted by Gasteiger charge is 2.08. The number of hydrogen-bond acceptors (Lipinski definition) is 3. The van der Waals surface area contributed by atoms with Crippen LogP contribution in [0.4, 0.5) is 5.69 Å². The van der Waals surface area contributed by atoms with Crippen LogP contribution in [0.15, 0.2) is 59.4 Å². The molecule has 1 heterocycles. The number of hydrogen-bond donors (Lipinski definition) is 1. The maximum Gasteiger partial charge on any atom is 0.266 e. The van der Waals surface area contributed by atoms with Gasteiger partial charge in [0.25, 0.3) is 5.56 Å². The first kappa shape index (κ1) is 19.8. The summed E-state index contributed by atoms with van der Waals surface area (Å²) in [5.41, 5.74) is 4.40. The van der Waals surface area contributed by atoms with Gasteiger partial charge in [-0.3, -0.25) is 9.59 Å². The third-order valence-corrected chi connectivity index (χ3v) is 4.91. The van der Waals surface area contributed by atoms with Gasteiger partial charge in [0, 0.05) is 35.3 Å². The van der Waals surface area contributed by atoms with E-state index in [-0.39, 0.29) is 11.5 Å². The molecule has 0 radical (unpaired) electrons. The van der Waals surface area contributed by atoms with E-state index in [0.29, 0.717) is 30.1 Å². The molecule has 0 bridgehead atoms. The molecule has 144 valence electrons. The predicted molar refractivity (Wildman–Crippen MR) is 113 cm³/mol. The average Bonchev–Trinajstić information content (AvgIpc) is 2.68. The summed E-state index contributed by atoms with van der Waals surface area (Å²) >= 11 is 5.92. The lowest BCUT2D eigenvalue weighted by Crippen LogP contribution is -2.23. The molecule has 6 heteroatoms. The summed E-state index contributed by atoms with van der Waals surface area (Å²) in [4.78, 5) is 24.3. The molecule has 0 saturated carbocycles. The van der Waals surface area contributed by atoms with Crippen molar-refractivity contribution in [3.8, 4) is 11.3 Å². The molecule has 0 saturated heterocycles. The quantitative estimate of drug-likeness (QED) is 0.663. The second-order valence-corrected chi connectivity index (χ2v) is 7.12. The molecule has 1 aromatic heterocycles. The van der Waals surface area contributed by atoms with E-state index in [2.05, 4.69) is 10.4 Å². The smallest absolute Gasteiger partial charge is 0.266 e. The summed E-state index contributed by atoms with van der Waals surface area (Å²) in [7, 11) is 0. The van der Waals surface area contributed by atoms with Crippen LogP contribution in [0.3, 0.4) is 0 Å². The summed E-state index contributed by atoms with van der Waals surface area (Å²) in [5.74, 6) is -0.0735. The number of amides is 1. The number of halogens is 1. The van der Waals surface area contributed by atoms with Gasteiger partial charge in [-0.1, -0.05) is 35.9 Å². The van der Waals surface area contributed by atoms with Crippen LogP contribution >= 0.6 is 11.6 Å². The molecular formula is C22H22ClN3O2. The Morgan fingerprint density at radius 3 is 2.57 bits per heavy atom. The second kappa shape index (κ2) is 8.85. The monoisotopic (exact) mass is 395 g/mol. The lowest BCUT2D eigenvalue weighted by atomic mass is 10.1. The van der Waals surface area contributed by atoms with Crippen LogP contribution in [0.2, 0.25) is 5.02 Å². The summed E-state index contributed by atoms with van der Waals surface area (Å²) in [6.07, 6.45) is 0.834. The molecule has 3 rings (SSSR count). The number of aryl methyl sites for hydroxylation is 2. The van der Waals surface area contributed by atoms with E-state index in [1.165, 1.54) is 10.7 Å². The average molecular weight is 396 g/mol. The Hall–Kier alpha value is -2.92. The molecule has 0 aliphatic rings. The molecule has 1 N–H and O–H groups in total. The van der Waals surface area contributed by atoms with Crippen molar-refractivity contribution in [3.05, 3.63) is 81.1 Å². The molecule has 0 aliphatic carbocycles. The van der Waals surface area contributed by atoms with E-state index in [1.807, 2.05) is 44.2 Å². The standard InChI is InChI=1S/C22H22ClN3O2/c1-15-5-3-6-19(16(15)2)24-21(27)7-4-14-26-22(28)13-12-20(25-26)17-8-10-18(23)11-9-17/h3,5-6,8-13H,4,7,14H2,1-2H3,(H,24,27). The van der Waals surface area contributed by atoms with Gasteiger partial charge in [-0.05, 0) is 55.7 Å². The van der Waals surface area contributed by atoms with Crippen molar-refractivity contribution in [2.45, 2.75) is 33.2 Å². The van der Waals surface area contributed by atoms with Crippen LogP contribution in [-0.2, 0) is 11.3 Å². The fourth-order valence-electron chi connectivity index (χ4n) is 2.87. The maximum absolute atomic E-state index is 12.2. The van der Waals surface area contributed by atoms with E-state index >= 15 is 0 Å². The maximum atomic E-state index is 12.2. The van der Waals surface area contributed by atoms with Gasteiger partial charge in [-0.2, -0.15) is 5.10 Å². The van der Waals surface area contributed by atoms with Crippen molar-refractivity contribution < 1.29 is 4.79 Å². The van der Waals surface area contributed by atoms with Crippen molar-refractivity contribution in [2.24, 2.45) is 0 Å². The third-order valence-electron chi connectivity index (χ3n) is 4.66. The van der Waals surface area contributed by atoms with E-state index in [4.69, 9.17) is 11.6 Å². The van der Waals surface area contributed by atoms with Gasteiger partial charge in [0.15, 0.2) is 0 Å². The first-order valence-electron chi connectivity index (χ1n) is 9.14. The fourth-order valence-corrected chi connectivity index (χ4v) is 3.00. The van der Waals surface area contributed by atoms with Crippen LogP contribution in [0.5, 0.6) is 0 Å². The number of rotatable bonds is 6. The van der Waals surface area contributed by atoms with Crippen molar-refractivity contribution in [3.63, 3.8) is 0 Å². The van der Waals surface area contributed by atoms with Gasteiger partial charge < -0.3 is 5.32 Å². The molecule has 0 fully saturated rings. The number of nitrogens with one attached hydrogen (secondary N) is 1. The zero-order chi connectivity index (χ0) is 20.1. The Morgan fingerprint density at radius 2 is 1.82 bits per heavy atom. The molecule has 0 spiro atoms. The van der Waals surface area contributed by atoms with Crippen molar-refractivity contribution in [1.82, 2.24) is 9.78 Å². The number of carbonyl (C=O) groups is 1. The minimum atomic E-state index is -0.187. The first-order valence-corrected chi connectivity index (χ1v) is 9.52. The second-order valence-electron chi connectivity index (χ2n) is 6.69. The zero-order valence-corrected chi connectivity index (χ0v) is 16.7. The van der Waals surface area contributed by atoms with Gasteiger partial charge in [0.2, 0.25) is 5.91 Å². The Labute approximate surface area is 169 Å².